The Balaban J connectivity index is 0.000000143. The molecule has 15 aromatic rings. The number of phenolic OH excluding ortho intramolecular Hbond substituents is 10. The van der Waals surface area contributed by atoms with Crippen molar-refractivity contribution in [3.05, 3.63) is 407 Å². The second-order valence-electron chi connectivity index (χ2n) is 29.3. The summed E-state index contributed by atoms with van der Waals surface area (Å²) in [6, 6.07) is 111. The number of phenols is 10. The normalized spacial score (nSPS) is 12.4. The molecule has 10 N–H and O–H groups in total. The van der Waals surface area contributed by atoms with Gasteiger partial charge in [-0.25, -0.2) is 0 Å². The molecule has 0 bridgehead atoms. The van der Waals surface area contributed by atoms with E-state index in [0.717, 1.165) is 61.2 Å². The molecule has 0 saturated heterocycles. The second-order valence-corrected chi connectivity index (χ2v) is 29.3. The molecule has 112 heavy (non-hydrogen) atoms. The van der Waals surface area contributed by atoms with Crippen molar-refractivity contribution in [2.24, 2.45) is 0 Å². The summed E-state index contributed by atoms with van der Waals surface area (Å²) in [4.78, 5) is 0. The monoisotopic (exact) mass is 1470 g/mol. The summed E-state index contributed by atoms with van der Waals surface area (Å²) in [5, 5.41) is 105. The van der Waals surface area contributed by atoms with Crippen LogP contribution in [0.5, 0.6) is 57.5 Å². The van der Waals surface area contributed by atoms with Gasteiger partial charge in [0.05, 0.1) is 0 Å². The van der Waals surface area contributed by atoms with Crippen molar-refractivity contribution in [2.75, 3.05) is 0 Å². The van der Waals surface area contributed by atoms with Gasteiger partial charge < -0.3 is 51.1 Å². The summed E-state index contributed by atoms with van der Waals surface area (Å²) >= 11 is 0. The van der Waals surface area contributed by atoms with Crippen molar-refractivity contribution in [3.63, 3.8) is 0 Å². The zero-order valence-electron chi connectivity index (χ0n) is 62.6. The van der Waals surface area contributed by atoms with Gasteiger partial charge in [0.25, 0.3) is 0 Å². The molecule has 10 nitrogen and oxygen atoms in total. The van der Waals surface area contributed by atoms with E-state index in [1.165, 1.54) is 48.8 Å². The first-order chi connectivity index (χ1) is 54.3. The van der Waals surface area contributed by atoms with Gasteiger partial charge in [-0.2, -0.15) is 0 Å². The van der Waals surface area contributed by atoms with Crippen LogP contribution < -0.4 is 0 Å². The van der Waals surface area contributed by atoms with Gasteiger partial charge >= 0.3 is 0 Å². The van der Waals surface area contributed by atoms with Gasteiger partial charge in [-0.15, -0.1) is 0 Å². The fourth-order valence-electron chi connectivity index (χ4n) is 15.9. The van der Waals surface area contributed by atoms with E-state index in [-0.39, 0.29) is 57.5 Å². The quantitative estimate of drug-likeness (QED) is 0.0415. The SMILES string of the molecule is CC(c1ccc(-c2ccccc2)cc1)(c1ccc(O)c(-c2ccccc2O)c1)c1ccc(O)c(-c2ccccc2O)c1.CC(c1ccc(C2CCCCC2)cc1)(c1ccc(O)c(-c2ccccc2O)c1)c1ccc(O)c(-c2ccccc2O)c1.CC(c1ccc(O)cc1)(c1ccc(O)cc1)c1ccc(-c2ccccc2)cc1. The van der Waals surface area contributed by atoms with Crippen LogP contribution in [0.2, 0.25) is 0 Å². The third-order valence-corrected chi connectivity index (χ3v) is 22.7. The topological polar surface area (TPSA) is 202 Å². The van der Waals surface area contributed by atoms with Crippen LogP contribution in [0.1, 0.15) is 114 Å². The van der Waals surface area contributed by atoms with Crippen LogP contribution in [0, 0.1) is 0 Å². The fraction of sp³-hybridized carbons (Fsp3) is 0.118. The van der Waals surface area contributed by atoms with Gasteiger partial charge in [0.1, 0.15) is 57.5 Å². The van der Waals surface area contributed by atoms with Crippen LogP contribution in [-0.2, 0) is 16.2 Å². The number of aromatic hydroxyl groups is 10. The molecule has 0 atom stereocenters. The molecule has 0 aliphatic heterocycles. The molecule has 1 aliphatic rings. The predicted molar refractivity (Wildman–Crippen MR) is 450 cm³/mol. The highest BCUT2D eigenvalue weighted by molar-refractivity contribution is 5.82. The number of hydrogen-bond acceptors (Lipinski definition) is 10. The van der Waals surface area contributed by atoms with Crippen LogP contribution in [0.4, 0.5) is 0 Å². The lowest BCUT2D eigenvalue weighted by Crippen LogP contribution is -2.25. The first kappa shape index (κ1) is 75.1. The molecule has 16 rings (SSSR count). The number of rotatable bonds is 16. The maximum Gasteiger partial charge on any atom is 0.123 e. The Labute approximate surface area is 654 Å². The van der Waals surface area contributed by atoms with Crippen LogP contribution in [-0.4, -0.2) is 51.1 Å². The van der Waals surface area contributed by atoms with Gasteiger partial charge in [0, 0.05) is 60.8 Å². The maximum atomic E-state index is 10.9. The lowest BCUT2D eigenvalue weighted by Gasteiger charge is -2.33. The van der Waals surface area contributed by atoms with Gasteiger partial charge in [-0.1, -0.05) is 274 Å². The lowest BCUT2D eigenvalue weighted by atomic mass is 9.69. The Morgan fingerprint density at radius 3 is 0.688 bits per heavy atom. The van der Waals surface area contributed by atoms with Crippen molar-refractivity contribution < 1.29 is 51.1 Å². The lowest BCUT2D eigenvalue weighted by molar-refractivity contribution is 0.443. The minimum Gasteiger partial charge on any atom is -0.508 e. The van der Waals surface area contributed by atoms with Crippen LogP contribution in [0.25, 0.3) is 66.8 Å². The highest BCUT2D eigenvalue weighted by atomic mass is 16.3. The smallest absolute Gasteiger partial charge is 0.123 e. The number of benzene rings is 15. The molecule has 556 valence electrons. The zero-order valence-corrected chi connectivity index (χ0v) is 62.6. The number of para-hydroxylation sites is 4. The third kappa shape index (κ3) is 15.4. The van der Waals surface area contributed by atoms with Crippen molar-refractivity contribution >= 4 is 0 Å². The molecule has 0 aromatic heterocycles. The van der Waals surface area contributed by atoms with Gasteiger partial charge in [-0.05, 0) is 214 Å². The van der Waals surface area contributed by atoms with Crippen molar-refractivity contribution in [1.82, 2.24) is 0 Å². The van der Waals surface area contributed by atoms with Crippen molar-refractivity contribution in [2.45, 2.75) is 75.0 Å². The summed E-state index contributed by atoms with van der Waals surface area (Å²) in [6.07, 6.45) is 6.30. The molecule has 1 saturated carbocycles. The average molecular weight is 1470 g/mol. The first-order valence-electron chi connectivity index (χ1n) is 37.8. The molecule has 1 aliphatic carbocycles. The molecular formula is C102H88O10. The van der Waals surface area contributed by atoms with Crippen LogP contribution in [0.15, 0.2) is 352 Å². The van der Waals surface area contributed by atoms with Gasteiger partial charge in [-0.3, -0.25) is 0 Å². The van der Waals surface area contributed by atoms with Gasteiger partial charge in [0.15, 0.2) is 0 Å². The molecule has 0 heterocycles. The Kier molecular flexibility index (Phi) is 21.9. The van der Waals surface area contributed by atoms with E-state index in [0.29, 0.717) is 50.4 Å². The zero-order chi connectivity index (χ0) is 78.1. The number of hydrogen-bond donors (Lipinski definition) is 10. The summed E-state index contributed by atoms with van der Waals surface area (Å²) in [5.74, 6) is 1.69. The fourth-order valence-corrected chi connectivity index (χ4v) is 15.9. The Hall–Kier alpha value is -13.7. The maximum absolute atomic E-state index is 10.9. The Morgan fingerprint density at radius 2 is 0.411 bits per heavy atom. The van der Waals surface area contributed by atoms with E-state index in [4.69, 9.17) is 0 Å². The molecule has 0 radical (unpaired) electrons. The summed E-state index contributed by atoms with van der Waals surface area (Å²) in [5.41, 5.74) is 17.2. The minimum absolute atomic E-state index is 0.0580. The molecule has 10 heteroatoms. The molecular weight excluding hydrogens is 1390 g/mol. The highest BCUT2D eigenvalue weighted by Crippen LogP contribution is 2.50. The van der Waals surface area contributed by atoms with E-state index in [2.05, 4.69) is 118 Å². The van der Waals surface area contributed by atoms with E-state index in [1.54, 1.807) is 121 Å². The third-order valence-electron chi connectivity index (χ3n) is 22.7. The Morgan fingerprint density at radius 1 is 0.196 bits per heavy atom. The molecule has 0 amide bonds. The van der Waals surface area contributed by atoms with Crippen LogP contribution >= 0.6 is 0 Å². The van der Waals surface area contributed by atoms with E-state index in [1.807, 2.05) is 133 Å². The second kappa shape index (κ2) is 32.6. The largest absolute Gasteiger partial charge is 0.508 e. The Bertz CT molecular complexity index is 5520. The molecule has 1 fully saturated rings. The van der Waals surface area contributed by atoms with Crippen molar-refractivity contribution in [3.8, 4) is 124 Å². The summed E-state index contributed by atoms with van der Waals surface area (Å²) in [7, 11) is 0. The van der Waals surface area contributed by atoms with E-state index in [9.17, 15) is 51.1 Å². The average Bonchev–Trinajstić information content (AvgIpc) is 0.747. The van der Waals surface area contributed by atoms with E-state index < -0.39 is 16.2 Å². The van der Waals surface area contributed by atoms with Gasteiger partial charge in [0.2, 0.25) is 0 Å². The molecule has 15 aromatic carbocycles. The summed E-state index contributed by atoms with van der Waals surface area (Å²) in [6.45, 7) is 6.42. The predicted octanol–water partition coefficient (Wildman–Crippen LogP) is 24.2. The first-order valence-corrected chi connectivity index (χ1v) is 37.8. The highest BCUT2D eigenvalue weighted by Gasteiger charge is 2.37. The molecule has 0 unspecified atom stereocenters. The standard InChI is InChI=1S/C38H36O4.C38H30O4.C26H22O2/c2*1-38(27-17-15-26(16-18-27)25-9-3-2-4-10-25,28-19-21-36(41)32(23-28)30-11-5-7-13-34(30)39)29-20-22-37(42)33(24-29)31-12-6-8-14-35(31)40;1-26(22-11-15-24(27)16-12-22,23-13-17-25(28)18-14-23)21-9-7-20(8-10-21)19-5-3-2-4-6-19/h5-8,11-25,39-42H,2-4,9-10H2,1H3;2-24,39-42H,1H3;2-18,27-28H,1H3. The minimum atomic E-state index is -0.755. The summed E-state index contributed by atoms with van der Waals surface area (Å²) < 4.78 is 0. The van der Waals surface area contributed by atoms with Crippen molar-refractivity contribution in [1.29, 1.82) is 0 Å². The molecule has 0 spiro atoms. The van der Waals surface area contributed by atoms with E-state index >= 15 is 0 Å². The van der Waals surface area contributed by atoms with Crippen LogP contribution in [0.3, 0.4) is 0 Å².